The molecule has 0 aliphatic heterocycles. The van der Waals surface area contributed by atoms with Gasteiger partial charge in [-0.15, -0.1) is 0 Å². The van der Waals surface area contributed by atoms with Crippen LogP contribution in [0.3, 0.4) is 0 Å². The van der Waals surface area contributed by atoms with Crippen LogP contribution >= 0.6 is 0 Å². The fraction of sp³-hybridized carbons (Fsp3) is 0.357. The number of benzene rings is 1. The summed E-state index contributed by atoms with van der Waals surface area (Å²) in [4.78, 5) is 11.6. The first-order chi connectivity index (χ1) is 7.55. The van der Waals surface area contributed by atoms with Crippen molar-refractivity contribution in [3.63, 3.8) is 0 Å². The molecule has 84 valence electrons. The van der Waals surface area contributed by atoms with Gasteiger partial charge in [0.05, 0.1) is 0 Å². The maximum atomic E-state index is 11.6. The van der Waals surface area contributed by atoms with Crippen LogP contribution in [0, 0.1) is 5.41 Å². The van der Waals surface area contributed by atoms with Crippen molar-refractivity contribution in [2.75, 3.05) is 0 Å². The second kappa shape index (κ2) is 4.57. The first kappa shape index (κ1) is 11.6. The Morgan fingerprint density at radius 1 is 1.12 bits per heavy atom. The van der Waals surface area contributed by atoms with Gasteiger partial charge in [-0.3, -0.25) is 0 Å². The van der Waals surface area contributed by atoms with E-state index in [0.29, 0.717) is 27.2 Å². The van der Waals surface area contributed by atoms with Crippen molar-refractivity contribution in [1.29, 1.82) is 0 Å². The number of hydrogen-bond donors (Lipinski definition) is 0. The zero-order chi connectivity index (χ0) is 11.6. The predicted molar refractivity (Wildman–Crippen MR) is 67.9 cm³/mol. The average Bonchev–Trinajstić information content (AvgIpc) is 2.15. The van der Waals surface area contributed by atoms with Crippen LogP contribution in [0.5, 0.6) is 0 Å². The van der Waals surface area contributed by atoms with Gasteiger partial charge in [-0.05, 0) is 0 Å². The van der Waals surface area contributed by atoms with E-state index in [2.05, 4.69) is 38.1 Å². The fourth-order valence-electron chi connectivity index (χ4n) is 1.99. The first-order valence-electron chi connectivity index (χ1n) is 5.51. The third-order valence-electron chi connectivity index (χ3n) is 2.62. The molecule has 1 aromatic carbocycles. The number of carbonyl (C=O) groups excluding carboxylic acids is 1. The van der Waals surface area contributed by atoms with E-state index >= 15 is 0 Å². The van der Waals surface area contributed by atoms with Gasteiger partial charge >= 0.3 is 103 Å². The topological polar surface area (TPSA) is 17.1 Å². The van der Waals surface area contributed by atoms with Crippen LogP contribution in [-0.2, 0) is 4.79 Å². The molecule has 2 rings (SSSR count). The molecular weight excluding hydrogens is 263 g/mol. The van der Waals surface area contributed by atoms with Crippen LogP contribution < -0.4 is 4.46 Å². The van der Waals surface area contributed by atoms with Crippen molar-refractivity contribution in [3.05, 3.63) is 40.9 Å². The van der Waals surface area contributed by atoms with Gasteiger partial charge < -0.3 is 0 Å². The Morgan fingerprint density at radius 3 is 2.44 bits per heavy atom. The van der Waals surface area contributed by atoms with Crippen LogP contribution in [0.4, 0.5) is 0 Å². The first-order valence-corrected chi connectivity index (χ1v) is 7.23. The Balaban J connectivity index is 2.14. The summed E-state index contributed by atoms with van der Waals surface area (Å²) < 4.78 is 2.69. The summed E-state index contributed by atoms with van der Waals surface area (Å²) >= 11 is 0.314. The molecule has 0 atom stereocenters. The molecule has 1 aromatic rings. The van der Waals surface area contributed by atoms with Crippen molar-refractivity contribution >= 4 is 25.2 Å². The number of rotatable bonds is 2. The second-order valence-corrected chi connectivity index (χ2v) is 7.53. The molecule has 0 unspecified atom stereocenters. The molecule has 0 amide bonds. The quantitative estimate of drug-likeness (QED) is 0.759. The molecule has 0 spiro atoms. The number of carbonyl (C=O) groups is 1. The van der Waals surface area contributed by atoms with Crippen LogP contribution in [0.2, 0.25) is 0 Å². The standard InChI is InChI=1S/C14H16OSe/c1-14(2)9-11(15)8-13(10-14)16-12-6-4-3-5-7-12/h3-8H,9-10H2,1-2H3. The Labute approximate surface area is 103 Å². The van der Waals surface area contributed by atoms with Crippen molar-refractivity contribution in [2.45, 2.75) is 26.7 Å². The predicted octanol–water partition coefficient (Wildman–Crippen LogP) is 2.29. The minimum atomic E-state index is 0.150. The van der Waals surface area contributed by atoms with Gasteiger partial charge in [0.25, 0.3) is 0 Å². The maximum absolute atomic E-state index is 11.6. The molecule has 0 saturated heterocycles. The summed E-state index contributed by atoms with van der Waals surface area (Å²) in [6, 6.07) is 10.4. The summed E-state index contributed by atoms with van der Waals surface area (Å²) in [6.07, 6.45) is 3.63. The van der Waals surface area contributed by atoms with Crippen molar-refractivity contribution in [2.24, 2.45) is 5.41 Å². The van der Waals surface area contributed by atoms with Gasteiger partial charge in [0.15, 0.2) is 0 Å². The molecule has 1 aliphatic carbocycles. The third-order valence-corrected chi connectivity index (χ3v) is 4.79. The molecule has 0 bridgehead atoms. The number of hydrogen-bond acceptors (Lipinski definition) is 1. The van der Waals surface area contributed by atoms with E-state index in [9.17, 15) is 4.79 Å². The zero-order valence-corrected chi connectivity index (χ0v) is 11.4. The van der Waals surface area contributed by atoms with Crippen molar-refractivity contribution in [3.8, 4) is 0 Å². The number of ketones is 1. The number of allylic oxidation sites excluding steroid dienone is 2. The van der Waals surface area contributed by atoms with Crippen molar-refractivity contribution < 1.29 is 4.79 Å². The monoisotopic (exact) mass is 280 g/mol. The Morgan fingerprint density at radius 2 is 1.81 bits per heavy atom. The van der Waals surface area contributed by atoms with Gasteiger partial charge in [0.2, 0.25) is 0 Å². The molecule has 1 nitrogen and oxygen atoms in total. The van der Waals surface area contributed by atoms with Gasteiger partial charge in [-0.1, -0.05) is 0 Å². The van der Waals surface area contributed by atoms with E-state index < -0.39 is 0 Å². The molecule has 0 heterocycles. The van der Waals surface area contributed by atoms with Gasteiger partial charge in [-0.25, -0.2) is 0 Å². The fourth-order valence-corrected chi connectivity index (χ4v) is 4.61. The SMILES string of the molecule is CC1(C)CC(=O)C=C([Se]c2ccccc2)C1. The van der Waals surface area contributed by atoms with Crippen LogP contribution in [-0.4, -0.2) is 20.7 Å². The average molecular weight is 279 g/mol. The van der Waals surface area contributed by atoms with E-state index in [4.69, 9.17) is 0 Å². The van der Waals surface area contributed by atoms with E-state index in [-0.39, 0.29) is 5.41 Å². The summed E-state index contributed by atoms with van der Waals surface area (Å²) in [5.74, 6) is 0.295. The van der Waals surface area contributed by atoms with E-state index in [0.717, 1.165) is 6.42 Å². The molecule has 0 fully saturated rings. The molecule has 0 radical (unpaired) electrons. The van der Waals surface area contributed by atoms with E-state index in [1.807, 2.05) is 12.1 Å². The van der Waals surface area contributed by atoms with E-state index in [1.165, 1.54) is 8.93 Å². The normalized spacial score (nSPS) is 19.4. The van der Waals surface area contributed by atoms with Crippen LogP contribution in [0.1, 0.15) is 26.7 Å². The molecule has 0 aromatic heterocycles. The molecule has 16 heavy (non-hydrogen) atoms. The van der Waals surface area contributed by atoms with Crippen LogP contribution in [0.15, 0.2) is 40.9 Å². The molecular formula is C14H16OSe. The summed E-state index contributed by atoms with van der Waals surface area (Å²) in [5, 5.41) is 0. The molecule has 0 saturated carbocycles. The summed E-state index contributed by atoms with van der Waals surface area (Å²) in [7, 11) is 0. The zero-order valence-electron chi connectivity index (χ0n) is 9.69. The Hall–Kier alpha value is -0.851. The molecule has 0 N–H and O–H groups in total. The van der Waals surface area contributed by atoms with Gasteiger partial charge in [0.1, 0.15) is 0 Å². The minimum absolute atomic E-state index is 0.150. The van der Waals surface area contributed by atoms with Crippen LogP contribution in [0.25, 0.3) is 0 Å². The molecule has 1 aliphatic rings. The summed E-state index contributed by atoms with van der Waals surface area (Å²) in [5.41, 5.74) is 0.150. The van der Waals surface area contributed by atoms with Crippen molar-refractivity contribution in [1.82, 2.24) is 0 Å². The van der Waals surface area contributed by atoms with Gasteiger partial charge in [-0.2, -0.15) is 0 Å². The van der Waals surface area contributed by atoms with Gasteiger partial charge in [0, 0.05) is 0 Å². The summed E-state index contributed by atoms with van der Waals surface area (Å²) in [6.45, 7) is 4.36. The molecule has 2 heteroatoms. The Kier molecular flexibility index (Phi) is 3.32. The van der Waals surface area contributed by atoms with E-state index in [1.54, 1.807) is 0 Å². The third kappa shape index (κ3) is 3.07. The Bertz CT molecular complexity index is 418. The second-order valence-electron chi connectivity index (χ2n) is 5.01.